The molecule has 0 bridgehead atoms. The number of hydrogen-bond acceptors (Lipinski definition) is 16. The van der Waals surface area contributed by atoms with Crippen LogP contribution in [0.1, 0.15) is 102 Å². The molecule has 2 N–H and O–H groups in total. The second-order valence-electron chi connectivity index (χ2n) is 32.3. The molecule has 16 aromatic carbocycles. The van der Waals surface area contributed by atoms with E-state index in [0.717, 1.165) is 97.3 Å². The van der Waals surface area contributed by atoms with Gasteiger partial charge in [-0.3, -0.25) is 0 Å². The predicted molar refractivity (Wildman–Crippen MR) is 508 cm³/mol. The summed E-state index contributed by atoms with van der Waals surface area (Å²) in [5, 5.41) is 16.9. The van der Waals surface area contributed by atoms with Gasteiger partial charge in [0, 0.05) is 42.4 Å². The average molecular weight is 1740 g/mol. The molecule has 0 unspecified atom stereocenters. The Labute approximate surface area is 765 Å². The van der Waals surface area contributed by atoms with Crippen molar-refractivity contribution >= 4 is 0 Å². The molecule has 0 saturated carbocycles. The van der Waals surface area contributed by atoms with Crippen molar-refractivity contribution < 1.29 is 71.4 Å². The first kappa shape index (κ1) is 87.7. The third-order valence-corrected chi connectivity index (χ3v) is 22.2. The number of hydrogen-bond donors (Lipinski definition) is 2. The van der Waals surface area contributed by atoms with Crippen LogP contribution in [0.2, 0.25) is 0 Å². The monoisotopic (exact) mass is 1740 g/mol. The van der Waals surface area contributed by atoms with E-state index in [4.69, 9.17) is 66.3 Å². The molecular formula is C115H103NO15. The summed E-state index contributed by atoms with van der Waals surface area (Å²) >= 11 is 0. The van der Waals surface area contributed by atoms with Crippen LogP contribution in [0, 0.1) is 0 Å². The van der Waals surface area contributed by atoms with E-state index in [1.54, 1.807) is 0 Å². The van der Waals surface area contributed by atoms with E-state index in [1.165, 1.54) is 0 Å². The maximum absolute atomic E-state index is 13.2. The van der Waals surface area contributed by atoms with E-state index in [0.29, 0.717) is 144 Å². The molecule has 16 nitrogen and oxygen atoms in total. The minimum absolute atomic E-state index is 0.167. The molecule has 658 valence electrons. The molecule has 17 rings (SSSR count). The van der Waals surface area contributed by atoms with Gasteiger partial charge in [0.05, 0.1) is 0 Å². The quantitative estimate of drug-likeness (QED) is 0.0370. The predicted octanol–water partition coefficient (Wildman–Crippen LogP) is 24.8. The highest BCUT2D eigenvalue weighted by Gasteiger charge is 2.42. The average Bonchev–Trinajstić information content (AvgIpc) is 1.20. The number of benzene rings is 16. The number of nitrogens with one attached hydrogen (secondary N) is 1. The summed E-state index contributed by atoms with van der Waals surface area (Å²) in [5.74, 6) is 8.65. The molecule has 1 aliphatic heterocycles. The first-order valence-corrected chi connectivity index (χ1v) is 44.2. The lowest BCUT2D eigenvalue weighted by atomic mass is 9.79. The van der Waals surface area contributed by atoms with Gasteiger partial charge in [0.25, 0.3) is 0 Å². The highest BCUT2D eigenvalue weighted by atomic mass is 16.5. The fourth-order valence-corrected chi connectivity index (χ4v) is 15.4. The minimum atomic E-state index is -1.42. The molecule has 0 radical (unpaired) electrons. The Morgan fingerprint density at radius 1 is 0.183 bits per heavy atom. The van der Waals surface area contributed by atoms with Crippen molar-refractivity contribution in [3.8, 4) is 80.5 Å². The summed E-state index contributed by atoms with van der Waals surface area (Å²) in [6.45, 7) is 4.85. The summed E-state index contributed by atoms with van der Waals surface area (Å²) in [4.78, 5) is 0. The Morgan fingerprint density at radius 3 is 0.489 bits per heavy atom. The van der Waals surface area contributed by atoms with Crippen LogP contribution in [0.5, 0.6) is 80.5 Å². The first-order valence-electron chi connectivity index (χ1n) is 44.2. The van der Waals surface area contributed by atoms with Gasteiger partial charge < -0.3 is 76.7 Å². The SMILES string of the molecule is OC(c1ccc(OCc2cc(OCc3ccccc3)cc(OCc3cc(OCc4ccccc4)cc(OCc4cc(OCc5ccccc5)cc(OCc5ccccc5)c4)c3)c2)cc1)(c1ccc(OCc2cc(OCc3ccccc3)cc(OCc3cc(OCc4ccccc4)cc(OCc4cc(OCc5ccccc5)cc(OCc5ccccc5)c4)c3)c2)cc1)[C@@H]1CCCN1. The van der Waals surface area contributed by atoms with E-state index >= 15 is 0 Å². The number of aliphatic hydroxyl groups is 1. The van der Waals surface area contributed by atoms with Gasteiger partial charge >= 0.3 is 0 Å². The van der Waals surface area contributed by atoms with E-state index in [-0.39, 0.29) is 45.7 Å². The Morgan fingerprint density at radius 2 is 0.336 bits per heavy atom. The largest absolute Gasteiger partial charge is 0.489 e. The Hall–Kier alpha value is -15.4. The van der Waals surface area contributed by atoms with Gasteiger partial charge in [0.15, 0.2) is 0 Å². The zero-order valence-corrected chi connectivity index (χ0v) is 72.9. The smallest absolute Gasteiger partial charge is 0.130 e. The van der Waals surface area contributed by atoms with Crippen molar-refractivity contribution in [2.75, 3.05) is 6.54 Å². The maximum atomic E-state index is 13.2. The highest BCUT2D eigenvalue weighted by Crippen LogP contribution is 2.40. The normalized spacial score (nSPS) is 12.2. The molecule has 1 fully saturated rings. The molecule has 1 heterocycles. The molecule has 1 saturated heterocycles. The molecule has 16 aromatic rings. The van der Waals surface area contributed by atoms with Gasteiger partial charge in [-0.2, -0.15) is 0 Å². The molecule has 1 atom stereocenters. The van der Waals surface area contributed by atoms with Crippen LogP contribution < -0.4 is 71.6 Å². The maximum Gasteiger partial charge on any atom is 0.130 e. The fourth-order valence-electron chi connectivity index (χ4n) is 15.4. The van der Waals surface area contributed by atoms with Gasteiger partial charge in [-0.15, -0.1) is 0 Å². The van der Waals surface area contributed by atoms with Crippen LogP contribution in [0.4, 0.5) is 0 Å². The van der Waals surface area contributed by atoms with E-state index < -0.39 is 5.60 Å². The molecule has 0 spiro atoms. The van der Waals surface area contributed by atoms with Crippen molar-refractivity contribution in [2.45, 2.75) is 117 Å². The van der Waals surface area contributed by atoms with Crippen LogP contribution in [-0.2, 0) is 98.1 Å². The lowest BCUT2D eigenvalue weighted by molar-refractivity contribution is 0.0441. The van der Waals surface area contributed by atoms with Gasteiger partial charge in [0.1, 0.15) is 179 Å². The molecule has 16 heteroatoms. The Kier molecular flexibility index (Phi) is 30.0. The zero-order chi connectivity index (χ0) is 88.7. The van der Waals surface area contributed by atoms with E-state index in [9.17, 15) is 5.11 Å². The summed E-state index contributed by atoms with van der Waals surface area (Å²) in [5.41, 5.74) is 13.3. The molecular weight excluding hydrogens is 1640 g/mol. The lowest BCUT2D eigenvalue weighted by Gasteiger charge is -2.35. The van der Waals surface area contributed by atoms with Gasteiger partial charge in [-0.05, 0) is 205 Å². The minimum Gasteiger partial charge on any atom is -0.489 e. The summed E-state index contributed by atoms with van der Waals surface area (Å²) < 4.78 is 91.4. The summed E-state index contributed by atoms with van der Waals surface area (Å²) in [7, 11) is 0. The van der Waals surface area contributed by atoms with E-state index in [1.807, 2.05) is 400 Å². The van der Waals surface area contributed by atoms with Gasteiger partial charge in [0.2, 0.25) is 0 Å². The highest BCUT2D eigenvalue weighted by molar-refractivity contribution is 5.48. The molecule has 131 heavy (non-hydrogen) atoms. The zero-order valence-electron chi connectivity index (χ0n) is 72.9. The standard InChI is InChI=1S/C115H103NO15/c117-115(114-42-25-51-116-114,98-43-47-100(48-44-98)118-78-92-52-102(120-70-84-26-9-1-10-27-84)66-110(54-92)128-82-96-60-108(126-76-90-38-21-7-22-39-90)68-112(62-96)130-80-94-56-104(122-72-86-30-13-3-14-31-86)64-105(57-94)123-73-87-32-15-4-16-33-87)99-45-49-101(50-46-99)119-79-93-53-103(121-71-85-28-11-2-12-29-85)67-111(55-93)129-83-97-61-109(127-77-91-40-23-8-24-41-91)69-113(63-97)131-81-95-58-106(124-74-88-34-17-5-18-35-88)65-107(59-95)125-75-89-36-19-6-20-37-89/h1-24,26-41,43-50,52-69,114,116-117H,25,42,51,70-83H2/t114-/m0/s1. The van der Waals surface area contributed by atoms with Gasteiger partial charge in [-0.1, -0.05) is 267 Å². The van der Waals surface area contributed by atoms with Crippen molar-refractivity contribution in [3.05, 3.63) is 489 Å². The van der Waals surface area contributed by atoms with Crippen molar-refractivity contribution in [1.29, 1.82) is 0 Å². The van der Waals surface area contributed by atoms with Crippen molar-refractivity contribution in [3.63, 3.8) is 0 Å². The molecule has 0 amide bonds. The molecule has 0 aliphatic carbocycles. The summed E-state index contributed by atoms with van der Waals surface area (Å²) in [6, 6.07) is 131. The van der Waals surface area contributed by atoms with Crippen LogP contribution in [0.15, 0.2) is 400 Å². The van der Waals surface area contributed by atoms with Crippen molar-refractivity contribution in [1.82, 2.24) is 5.32 Å². The second kappa shape index (κ2) is 44.9. The van der Waals surface area contributed by atoms with Crippen LogP contribution in [0.25, 0.3) is 0 Å². The van der Waals surface area contributed by atoms with Crippen LogP contribution in [-0.4, -0.2) is 17.7 Å². The van der Waals surface area contributed by atoms with Crippen LogP contribution >= 0.6 is 0 Å². The summed E-state index contributed by atoms with van der Waals surface area (Å²) in [6.07, 6.45) is 1.68. The van der Waals surface area contributed by atoms with Crippen LogP contribution in [0.3, 0.4) is 0 Å². The number of rotatable bonds is 45. The van der Waals surface area contributed by atoms with E-state index in [2.05, 4.69) is 5.32 Å². The first-order chi connectivity index (χ1) is 64.6. The Balaban J connectivity index is 0.571. The third kappa shape index (κ3) is 26.2. The number of ether oxygens (including phenoxy) is 14. The fraction of sp³-hybridized carbons (Fsp3) is 0.165. The molecule has 0 aromatic heterocycles. The Bertz CT molecular complexity index is 5740. The molecule has 1 aliphatic rings. The third-order valence-electron chi connectivity index (χ3n) is 22.2. The second-order valence-corrected chi connectivity index (χ2v) is 32.3. The van der Waals surface area contributed by atoms with Crippen molar-refractivity contribution in [2.24, 2.45) is 0 Å². The lowest BCUT2D eigenvalue weighted by Crippen LogP contribution is -2.46. The van der Waals surface area contributed by atoms with Gasteiger partial charge in [-0.25, -0.2) is 0 Å². The topological polar surface area (TPSA) is 161 Å².